The molecule has 40 heavy (non-hydrogen) atoms. The summed E-state index contributed by atoms with van der Waals surface area (Å²) >= 11 is 0. The molecule has 1 fully saturated rings. The number of fused-ring (bicyclic) bond motifs is 3. The molecule has 2 N–H and O–H groups in total. The molecule has 0 bridgehead atoms. The second kappa shape index (κ2) is 10.7. The van der Waals surface area contributed by atoms with Crippen molar-refractivity contribution in [2.45, 2.75) is 25.9 Å². The molecule has 6 rings (SSSR count). The number of ether oxygens (including phenoxy) is 1. The van der Waals surface area contributed by atoms with Gasteiger partial charge in [-0.2, -0.15) is 15.3 Å². The van der Waals surface area contributed by atoms with Crippen molar-refractivity contribution in [2.24, 2.45) is 14.1 Å². The lowest BCUT2D eigenvalue weighted by atomic mass is 10.1. The van der Waals surface area contributed by atoms with Crippen molar-refractivity contribution < 1.29 is 9.53 Å². The Bertz CT molecular complexity index is 1680. The van der Waals surface area contributed by atoms with Gasteiger partial charge in [0.15, 0.2) is 5.82 Å². The normalized spacial score (nSPS) is 14.8. The SMILES string of the molecule is COC1CCN(CCNC(=O)c2cnc(C)c(Nc3nn(C)c4c3cnn3cc(-c5cnn(C)c5)cc43)c2)CC1. The van der Waals surface area contributed by atoms with Gasteiger partial charge >= 0.3 is 0 Å². The van der Waals surface area contributed by atoms with Gasteiger partial charge in [-0.05, 0) is 31.9 Å². The van der Waals surface area contributed by atoms with Crippen LogP contribution in [0.5, 0.6) is 0 Å². The summed E-state index contributed by atoms with van der Waals surface area (Å²) in [5, 5.41) is 21.0. The first kappa shape index (κ1) is 26.0. The van der Waals surface area contributed by atoms with Crippen molar-refractivity contribution in [2.75, 3.05) is 38.6 Å². The lowest BCUT2D eigenvalue weighted by molar-refractivity contribution is 0.0413. The molecule has 12 nitrogen and oxygen atoms in total. The van der Waals surface area contributed by atoms with E-state index in [2.05, 4.69) is 36.8 Å². The molecule has 0 spiro atoms. The molecule has 12 heteroatoms. The summed E-state index contributed by atoms with van der Waals surface area (Å²) in [6.45, 7) is 5.28. The van der Waals surface area contributed by atoms with Gasteiger partial charge in [-0.15, -0.1) is 0 Å². The van der Waals surface area contributed by atoms with E-state index < -0.39 is 0 Å². The number of methoxy groups -OCH3 is 1. The Morgan fingerprint density at radius 3 is 2.65 bits per heavy atom. The van der Waals surface area contributed by atoms with Crippen LogP contribution < -0.4 is 10.6 Å². The van der Waals surface area contributed by atoms with Crippen LogP contribution in [0.15, 0.2) is 43.1 Å². The van der Waals surface area contributed by atoms with Gasteiger partial charge in [-0.3, -0.25) is 19.1 Å². The molecule has 1 amide bonds. The Morgan fingerprint density at radius 2 is 1.90 bits per heavy atom. The third-order valence-electron chi connectivity index (χ3n) is 7.66. The number of nitrogens with one attached hydrogen (secondary N) is 2. The van der Waals surface area contributed by atoms with Crippen LogP contribution in [0.1, 0.15) is 28.9 Å². The van der Waals surface area contributed by atoms with Gasteiger partial charge in [0.25, 0.3) is 5.91 Å². The van der Waals surface area contributed by atoms with Crippen LogP contribution in [0.25, 0.3) is 27.5 Å². The Balaban J connectivity index is 1.19. The van der Waals surface area contributed by atoms with Crippen LogP contribution >= 0.6 is 0 Å². The highest BCUT2D eigenvalue weighted by atomic mass is 16.5. The fourth-order valence-corrected chi connectivity index (χ4v) is 5.34. The summed E-state index contributed by atoms with van der Waals surface area (Å²) in [6, 6.07) is 3.92. The maximum absolute atomic E-state index is 12.9. The number of carbonyl (C=O) groups is 1. The number of amides is 1. The lowest BCUT2D eigenvalue weighted by Crippen LogP contribution is -2.41. The molecule has 0 aromatic carbocycles. The number of aryl methyl sites for hydroxylation is 3. The van der Waals surface area contributed by atoms with Crippen molar-refractivity contribution in [3.63, 3.8) is 0 Å². The van der Waals surface area contributed by atoms with Crippen LogP contribution in [-0.4, -0.2) is 84.4 Å². The third-order valence-corrected chi connectivity index (χ3v) is 7.66. The zero-order chi connectivity index (χ0) is 27.8. The molecule has 0 atom stereocenters. The predicted octanol–water partition coefficient (Wildman–Crippen LogP) is 2.91. The minimum Gasteiger partial charge on any atom is -0.381 e. The number of rotatable bonds is 8. The monoisotopic (exact) mass is 542 g/mol. The van der Waals surface area contributed by atoms with E-state index >= 15 is 0 Å². The zero-order valence-electron chi connectivity index (χ0n) is 23.3. The molecule has 1 aliphatic rings. The van der Waals surface area contributed by atoms with E-state index in [1.165, 1.54) is 0 Å². The Hall–Kier alpha value is -4.29. The number of aromatic nitrogens is 7. The van der Waals surface area contributed by atoms with Crippen molar-refractivity contribution >= 4 is 33.8 Å². The fraction of sp³-hybridized carbons (Fsp3) is 0.393. The molecule has 0 radical (unpaired) electrons. The minimum atomic E-state index is -0.146. The van der Waals surface area contributed by atoms with E-state index in [1.54, 1.807) is 24.2 Å². The molecule has 0 aliphatic carbocycles. The highest BCUT2D eigenvalue weighted by molar-refractivity contribution is 6.01. The quantitative estimate of drug-likeness (QED) is 0.307. The summed E-state index contributed by atoms with van der Waals surface area (Å²) in [7, 11) is 5.58. The van der Waals surface area contributed by atoms with Gasteiger partial charge in [0, 0.05) is 77.1 Å². The van der Waals surface area contributed by atoms with Gasteiger partial charge in [0.05, 0.1) is 51.9 Å². The molecule has 208 valence electrons. The van der Waals surface area contributed by atoms with Gasteiger partial charge in [0.1, 0.15) is 0 Å². The molecule has 0 saturated carbocycles. The Labute approximate surface area is 231 Å². The van der Waals surface area contributed by atoms with E-state index in [-0.39, 0.29) is 5.91 Å². The maximum Gasteiger partial charge on any atom is 0.252 e. The standard InChI is InChI=1S/C28H34N10O2/c1-18-24(11-19(13-30-18)28(39)29-7-10-37-8-5-22(40-4)6-9-37)33-27-23-15-32-38-17-20(21-14-31-35(2)16-21)12-25(38)26(23)36(3)34-27/h11-17,22H,5-10H2,1-4H3,(H,29,39)(H,33,34). The number of hydrogen-bond donors (Lipinski definition) is 2. The number of nitrogens with zero attached hydrogens (tertiary/aromatic N) is 8. The summed E-state index contributed by atoms with van der Waals surface area (Å²) < 4.78 is 10.9. The second-order valence-corrected chi connectivity index (χ2v) is 10.4. The van der Waals surface area contributed by atoms with Crippen LogP contribution in [0.3, 0.4) is 0 Å². The van der Waals surface area contributed by atoms with Crippen LogP contribution in [-0.2, 0) is 18.8 Å². The first-order chi connectivity index (χ1) is 19.4. The van der Waals surface area contributed by atoms with E-state index in [1.807, 2.05) is 54.9 Å². The van der Waals surface area contributed by atoms with E-state index in [0.29, 0.717) is 24.0 Å². The molecule has 6 heterocycles. The molecule has 1 aliphatic heterocycles. The number of likely N-dealkylation sites (tertiary alicyclic amines) is 1. The van der Waals surface area contributed by atoms with E-state index in [9.17, 15) is 4.79 Å². The fourth-order valence-electron chi connectivity index (χ4n) is 5.34. The summed E-state index contributed by atoms with van der Waals surface area (Å²) in [5.41, 5.74) is 5.93. The number of carbonyl (C=O) groups excluding carboxylic acids is 1. The number of pyridine rings is 1. The van der Waals surface area contributed by atoms with Gasteiger partial charge in [-0.25, -0.2) is 4.52 Å². The Kier molecular flexibility index (Phi) is 6.95. The van der Waals surface area contributed by atoms with Crippen molar-refractivity contribution in [3.05, 3.63) is 54.4 Å². The average Bonchev–Trinajstić information content (AvgIpc) is 3.67. The van der Waals surface area contributed by atoms with Gasteiger partial charge < -0.3 is 20.3 Å². The van der Waals surface area contributed by atoms with E-state index in [4.69, 9.17) is 9.84 Å². The van der Waals surface area contributed by atoms with E-state index in [0.717, 1.165) is 71.4 Å². The van der Waals surface area contributed by atoms with Gasteiger partial charge in [-0.1, -0.05) is 0 Å². The third kappa shape index (κ3) is 5.03. The summed E-state index contributed by atoms with van der Waals surface area (Å²) in [6.07, 6.45) is 11.6. The minimum absolute atomic E-state index is 0.146. The number of anilines is 2. The van der Waals surface area contributed by atoms with Gasteiger partial charge in [0.2, 0.25) is 0 Å². The highest BCUT2D eigenvalue weighted by Gasteiger charge is 2.19. The first-order valence-corrected chi connectivity index (χ1v) is 13.5. The maximum atomic E-state index is 12.9. The summed E-state index contributed by atoms with van der Waals surface area (Å²) in [5.74, 6) is 0.506. The zero-order valence-corrected chi connectivity index (χ0v) is 23.3. The lowest BCUT2D eigenvalue weighted by Gasteiger charge is -2.31. The molecule has 5 aromatic heterocycles. The number of piperidine rings is 1. The molecule has 5 aromatic rings. The van der Waals surface area contributed by atoms with Crippen LogP contribution in [0.4, 0.5) is 11.5 Å². The Morgan fingerprint density at radius 1 is 1.07 bits per heavy atom. The predicted molar refractivity (Wildman–Crippen MR) is 153 cm³/mol. The van der Waals surface area contributed by atoms with Crippen molar-refractivity contribution in [3.8, 4) is 11.1 Å². The largest absolute Gasteiger partial charge is 0.381 e. The van der Waals surface area contributed by atoms with Crippen molar-refractivity contribution in [1.29, 1.82) is 0 Å². The molecular weight excluding hydrogens is 508 g/mol. The number of hydrogen-bond acceptors (Lipinski definition) is 8. The topological polar surface area (TPSA) is 119 Å². The second-order valence-electron chi connectivity index (χ2n) is 10.4. The highest BCUT2D eigenvalue weighted by Crippen LogP contribution is 2.31. The first-order valence-electron chi connectivity index (χ1n) is 13.5. The van der Waals surface area contributed by atoms with Crippen LogP contribution in [0, 0.1) is 6.92 Å². The summed E-state index contributed by atoms with van der Waals surface area (Å²) in [4.78, 5) is 19.8. The smallest absolute Gasteiger partial charge is 0.252 e. The van der Waals surface area contributed by atoms with Crippen molar-refractivity contribution in [1.82, 2.24) is 44.4 Å². The molecule has 0 unspecified atom stereocenters. The molecular formula is C28H34N10O2. The average molecular weight is 543 g/mol. The van der Waals surface area contributed by atoms with Crippen LogP contribution in [0.2, 0.25) is 0 Å². The molecule has 1 saturated heterocycles.